The number of rotatable bonds is 6. The monoisotopic (exact) mass is 613 g/mol. The summed E-state index contributed by atoms with van der Waals surface area (Å²) < 4.78 is 77.6. The van der Waals surface area contributed by atoms with Gasteiger partial charge in [0.25, 0.3) is 0 Å². The Morgan fingerprint density at radius 2 is 1.81 bits per heavy atom. The van der Waals surface area contributed by atoms with Crippen molar-refractivity contribution in [3.8, 4) is 11.3 Å². The molecular weight excluding hydrogens is 579 g/mol. The zero-order chi connectivity index (χ0) is 30.5. The van der Waals surface area contributed by atoms with E-state index in [4.69, 9.17) is 10.5 Å². The van der Waals surface area contributed by atoms with Gasteiger partial charge in [-0.05, 0) is 71.7 Å². The molecule has 0 unspecified atom stereocenters. The summed E-state index contributed by atoms with van der Waals surface area (Å²) in [6.07, 6.45) is 7.91. The number of aromatic nitrogens is 4. The minimum absolute atomic E-state index is 0.0342. The molecule has 1 saturated heterocycles. The summed E-state index contributed by atoms with van der Waals surface area (Å²) in [6, 6.07) is 6.74. The molecule has 2 N–H and O–H groups in total. The van der Waals surface area contributed by atoms with E-state index in [1.54, 1.807) is 29.2 Å². The molecule has 4 heterocycles. The molecule has 2 fully saturated rings. The van der Waals surface area contributed by atoms with Crippen molar-refractivity contribution in [2.75, 3.05) is 19.5 Å². The third-order valence-electron chi connectivity index (χ3n) is 8.98. The van der Waals surface area contributed by atoms with E-state index in [2.05, 4.69) is 15.1 Å². The second-order valence-electron chi connectivity index (χ2n) is 12.0. The van der Waals surface area contributed by atoms with E-state index in [1.807, 2.05) is 13.0 Å². The van der Waals surface area contributed by atoms with Crippen LogP contribution < -0.4 is 5.73 Å². The van der Waals surface area contributed by atoms with Crippen LogP contribution in [0.25, 0.3) is 16.8 Å². The highest BCUT2D eigenvalue weighted by Gasteiger charge is 2.40. The number of hydrogen-bond acceptors (Lipinski definition) is 7. The molecule has 2 aliphatic rings. The number of hydrogen-bond donors (Lipinski definition) is 1. The predicted octanol–water partition coefficient (Wildman–Crippen LogP) is 4.89. The van der Waals surface area contributed by atoms with Crippen LogP contribution in [0.3, 0.4) is 0 Å². The molecule has 1 aliphatic carbocycles. The maximum Gasteiger partial charge on any atom is 0.152 e. The standard InChI is InChI=1S/C31H34F3N5O3S/c1-18-11-19(12-26(35)30(18)43(2,40)41)23-5-8-36-16-20(23)13-28-37-17-22-3-4-27(38-39(22)28)29-24(32)14-21(15-25(29)33)31(34)6-9-42-10-7-31/h3-5,8,14-19,26,30H,6-7,9-13,35H2,1-2H3/t18-,19+,26+,30+/m0/s1. The van der Waals surface area contributed by atoms with E-state index in [9.17, 15) is 8.42 Å². The molecule has 6 rings (SSSR count). The molecule has 4 aromatic rings. The van der Waals surface area contributed by atoms with E-state index in [0.717, 1.165) is 23.3 Å². The zero-order valence-corrected chi connectivity index (χ0v) is 24.8. The summed E-state index contributed by atoms with van der Waals surface area (Å²) in [7, 11) is -3.29. The largest absolute Gasteiger partial charge is 0.381 e. The van der Waals surface area contributed by atoms with Crippen LogP contribution in [0.4, 0.5) is 13.2 Å². The van der Waals surface area contributed by atoms with E-state index < -0.39 is 38.4 Å². The molecule has 43 heavy (non-hydrogen) atoms. The third kappa shape index (κ3) is 5.67. The molecule has 3 aromatic heterocycles. The van der Waals surface area contributed by atoms with Crippen LogP contribution in [0, 0.1) is 17.6 Å². The van der Waals surface area contributed by atoms with Crippen molar-refractivity contribution in [2.45, 2.75) is 61.9 Å². The van der Waals surface area contributed by atoms with Crippen LogP contribution in [0.5, 0.6) is 0 Å². The van der Waals surface area contributed by atoms with Crippen molar-refractivity contribution >= 4 is 15.4 Å². The SMILES string of the molecule is C[C@H]1C[C@@H](c2ccncc2Cc2ncc3ccc(-c4c(F)cc(C5(F)CCOCC5)cc4F)nn23)C[C@@H](N)[C@@H]1S(C)(=O)=O. The van der Waals surface area contributed by atoms with E-state index >= 15 is 13.2 Å². The number of nitrogens with zero attached hydrogens (tertiary/aromatic N) is 4. The lowest BCUT2D eigenvalue weighted by Gasteiger charge is -2.38. The van der Waals surface area contributed by atoms with Gasteiger partial charge in [-0.1, -0.05) is 6.92 Å². The first-order chi connectivity index (χ1) is 20.4. The molecule has 1 saturated carbocycles. The number of fused-ring (bicyclic) bond motifs is 1. The first-order valence-electron chi connectivity index (χ1n) is 14.4. The average molecular weight is 614 g/mol. The van der Waals surface area contributed by atoms with E-state index in [0.29, 0.717) is 30.6 Å². The maximum absolute atomic E-state index is 15.4. The summed E-state index contributed by atoms with van der Waals surface area (Å²) in [5, 5.41) is 3.95. The number of alkyl halides is 1. The van der Waals surface area contributed by atoms with Gasteiger partial charge >= 0.3 is 0 Å². The van der Waals surface area contributed by atoms with Gasteiger partial charge in [0.05, 0.1) is 28.2 Å². The normalized spacial score (nSPS) is 24.3. The van der Waals surface area contributed by atoms with E-state index in [1.165, 1.54) is 12.3 Å². The molecule has 1 aromatic carbocycles. The highest BCUT2D eigenvalue weighted by Crippen LogP contribution is 2.41. The molecule has 0 radical (unpaired) electrons. The number of benzene rings is 1. The van der Waals surface area contributed by atoms with Crippen LogP contribution in [0.1, 0.15) is 61.0 Å². The highest BCUT2D eigenvalue weighted by molar-refractivity contribution is 7.91. The lowest BCUT2D eigenvalue weighted by atomic mass is 9.75. The zero-order valence-electron chi connectivity index (χ0n) is 24.0. The molecule has 1 aliphatic heterocycles. The van der Waals surface area contributed by atoms with Crippen molar-refractivity contribution in [3.05, 3.63) is 83.1 Å². The van der Waals surface area contributed by atoms with Gasteiger partial charge in [-0.15, -0.1) is 0 Å². The number of pyridine rings is 1. The summed E-state index contributed by atoms with van der Waals surface area (Å²) in [4.78, 5) is 8.85. The molecule has 0 amide bonds. The van der Waals surface area contributed by atoms with Crippen LogP contribution in [0.15, 0.2) is 48.9 Å². The Bertz CT molecular complexity index is 1740. The highest BCUT2D eigenvalue weighted by atomic mass is 32.2. The molecule has 8 nitrogen and oxygen atoms in total. The fraction of sp³-hybridized carbons (Fsp3) is 0.452. The van der Waals surface area contributed by atoms with Crippen LogP contribution in [-0.2, 0) is 26.7 Å². The third-order valence-corrected chi connectivity index (χ3v) is 10.8. The summed E-state index contributed by atoms with van der Waals surface area (Å²) in [5.74, 6) is -1.33. The van der Waals surface area contributed by atoms with Crippen LogP contribution in [-0.4, -0.2) is 58.8 Å². The summed E-state index contributed by atoms with van der Waals surface area (Å²) >= 11 is 0. The van der Waals surface area contributed by atoms with Crippen molar-refractivity contribution in [1.82, 2.24) is 19.6 Å². The predicted molar refractivity (Wildman–Crippen MR) is 156 cm³/mol. The van der Waals surface area contributed by atoms with Gasteiger partial charge in [-0.25, -0.2) is 31.1 Å². The topological polar surface area (TPSA) is 112 Å². The fourth-order valence-corrected chi connectivity index (χ4v) is 8.66. The molecule has 0 spiro atoms. The Morgan fingerprint density at radius 1 is 1.09 bits per heavy atom. The van der Waals surface area contributed by atoms with Crippen molar-refractivity contribution in [2.24, 2.45) is 11.7 Å². The van der Waals surface area contributed by atoms with Gasteiger partial charge in [0, 0.05) is 57.2 Å². The maximum atomic E-state index is 15.4. The smallest absolute Gasteiger partial charge is 0.152 e. The van der Waals surface area contributed by atoms with Crippen molar-refractivity contribution in [3.63, 3.8) is 0 Å². The first-order valence-corrected chi connectivity index (χ1v) is 16.4. The fourth-order valence-electron chi connectivity index (χ4n) is 6.96. The molecule has 4 atom stereocenters. The number of imidazole rings is 1. The van der Waals surface area contributed by atoms with Gasteiger partial charge < -0.3 is 10.5 Å². The van der Waals surface area contributed by atoms with Gasteiger partial charge in [-0.3, -0.25) is 4.98 Å². The van der Waals surface area contributed by atoms with Crippen molar-refractivity contribution < 1.29 is 26.3 Å². The van der Waals surface area contributed by atoms with Gasteiger partial charge in [-0.2, -0.15) is 5.10 Å². The lowest BCUT2D eigenvalue weighted by Crippen LogP contribution is -2.48. The molecule has 228 valence electrons. The number of nitrogens with two attached hydrogens (primary N) is 1. The van der Waals surface area contributed by atoms with Gasteiger partial charge in [0.1, 0.15) is 23.1 Å². The average Bonchev–Trinajstić information content (AvgIpc) is 3.34. The molecular formula is C31H34F3N5O3S. The second kappa shape index (κ2) is 11.3. The quantitative estimate of drug-likeness (QED) is 0.330. The molecule has 0 bridgehead atoms. The first kappa shape index (κ1) is 29.7. The van der Waals surface area contributed by atoms with Crippen LogP contribution in [0.2, 0.25) is 0 Å². The Labute approximate surface area is 248 Å². The van der Waals surface area contributed by atoms with Crippen molar-refractivity contribution in [1.29, 1.82) is 0 Å². The van der Waals surface area contributed by atoms with Crippen LogP contribution >= 0.6 is 0 Å². The Morgan fingerprint density at radius 3 is 2.49 bits per heavy atom. The summed E-state index contributed by atoms with van der Waals surface area (Å²) in [5.41, 5.74) is 6.75. The molecule has 12 heteroatoms. The number of halogens is 3. The number of ether oxygens (including phenoxy) is 1. The van der Waals surface area contributed by atoms with E-state index in [-0.39, 0.29) is 54.7 Å². The van der Waals surface area contributed by atoms with Gasteiger partial charge in [0.2, 0.25) is 0 Å². The Kier molecular flexibility index (Phi) is 7.80. The second-order valence-corrected chi connectivity index (χ2v) is 14.2. The van der Waals surface area contributed by atoms with Gasteiger partial charge in [0.15, 0.2) is 9.84 Å². The lowest BCUT2D eigenvalue weighted by molar-refractivity contribution is -0.0117. The minimum atomic E-state index is -3.29. The Hall–Kier alpha value is -3.35. The summed E-state index contributed by atoms with van der Waals surface area (Å²) in [6.45, 7) is 2.30. The number of sulfone groups is 1. The Balaban J connectivity index is 1.31. The minimum Gasteiger partial charge on any atom is -0.381 e.